The number of fused-ring (bicyclic) bond motifs is 1. The third kappa shape index (κ3) is 3.07. The SMILES string of the molecule is Cc1ccc(CN2C(=O)[C@](O)(CC(=O)c3cccs3)c3ccccc32)c(C)c1. The van der Waals surface area contributed by atoms with Crippen molar-refractivity contribution < 1.29 is 14.7 Å². The number of hydrogen-bond donors (Lipinski definition) is 1. The van der Waals surface area contributed by atoms with Crippen molar-refractivity contribution in [2.24, 2.45) is 0 Å². The van der Waals surface area contributed by atoms with Gasteiger partial charge in [-0.3, -0.25) is 9.59 Å². The predicted octanol–water partition coefficient (Wildman–Crippen LogP) is 4.37. The molecule has 0 radical (unpaired) electrons. The van der Waals surface area contributed by atoms with Crippen LogP contribution in [0.5, 0.6) is 0 Å². The second kappa shape index (κ2) is 7.00. The second-order valence-electron chi connectivity index (χ2n) is 7.28. The molecule has 4 rings (SSSR count). The average Bonchev–Trinajstić information content (AvgIpc) is 3.27. The Hall–Kier alpha value is -2.76. The Morgan fingerprint density at radius 1 is 1.11 bits per heavy atom. The molecule has 1 aromatic heterocycles. The van der Waals surface area contributed by atoms with Gasteiger partial charge in [-0.25, -0.2) is 0 Å². The summed E-state index contributed by atoms with van der Waals surface area (Å²) in [6.07, 6.45) is -0.257. The number of thiophene rings is 1. The van der Waals surface area contributed by atoms with Crippen molar-refractivity contribution in [1.82, 2.24) is 0 Å². The van der Waals surface area contributed by atoms with E-state index in [1.54, 1.807) is 29.2 Å². The smallest absolute Gasteiger partial charge is 0.264 e. The highest BCUT2D eigenvalue weighted by Crippen LogP contribution is 2.43. The van der Waals surface area contributed by atoms with Crippen LogP contribution in [0, 0.1) is 13.8 Å². The van der Waals surface area contributed by atoms with Crippen LogP contribution in [0.4, 0.5) is 5.69 Å². The summed E-state index contributed by atoms with van der Waals surface area (Å²) in [4.78, 5) is 28.1. The van der Waals surface area contributed by atoms with Gasteiger partial charge in [-0.2, -0.15) is 0 Å². The Morgan fingerprint density at radius 2 is 1.89 bits per heavy atom. The largest absolute Gasteiger partial charge is 0.375 e. The van der Waals surface area contributed by atoms with Gasteiger partial charge in [-0.15, -0.1) is 11.3 Å². The summed E-state index contributed by atoms with van der Waals surface area (Å²) in [5.74, 6) is -0.674. The molecule has 0 bridgehead atoms. The van der Waals surface area contributed by atoms with Crippen molar-refractivity contribution in [3.05, 3.63) is 87.1 Å². The summed E-state index contributed by atoms with van der Waals surface area (Å²) in [5.41, 5.74) is 2.59. The molecule has 1 aliphatic rings. The predicted molar refractivity (Wildman–Crippen MR) is 111 cm³/mol. The van der Waals surface area contributed by atoms with Crippen LogP contribution in [-0.4, -0.2) is 16.8 Å². The zero-order valence-electron chi connectivity index (χ0n) is 15.8. The molecule has 4 nitrogen and oxygen atoms in total. The van der Waals surface area contributed by atoms with E-state index in [1.165, 1.54) is 11.3 Å². The van der Waals surface area contributed by atoms with Crippen molar-refractivity contribution >= 4 is 28.7 Å². The van der Waals surface area contributed by atoms with E-state index in [2.05, 4.69) is 6.07 Å². The van der Waals surface area contributed by atoms with Gasteiger partial charge in [0.2, 0.25) is 0 Å². The highest BCUT2D eigenvalue weighted by molar-refractivity contribution is 7.12. The summed E-state index contributed by atoms with van der Waals surface area (Å²) < 4.78 is 0. The Kier molecular flexibility index (Phi) is 4.65. The number of aryl methyl sites for hydroxylation is 2. The van der Waals surface area contributed by atoms with Gasteiger partial charge < -0.3 is 10.0 Å². The van der Waals surface area contributed by atoms with E-state index in [-0.39, 0.29) is 12.2 Å². The number of ketones is 1. The van der Waals surface area contributed by atoms with E-state index in [0.717, 1.165) is 16.7 Å². The molecule has 1 aliphatic heterocycles. The topological polar surface area (TPSA) is 57.6 Å². The number of aliphatic hydroxyl groups is 1. The van der Waals surface area contributed by atoms with Gasteiger partial charge in [0.1, 0.15) is 0 Å². The number of carbonyl (C=O) groups is 2. The molecule has 0 fully saturated rings. The lowest BCUT2D eigenvalue weighted by molar-refractivity contribution is -0.136. The summed E-state index contributed by atoms with van der Waals surface area (Å²) >= 11 is 1.32. The number of anilines is 1. The Bertz CT molecular complexity index is 1060. The first kappa shape index (κ1) is 18.6. The fourth-order valence-electron chi connectivity index (χ4n) is 3.78. The number of rotatable bonds is 5. The first-order chi connectivity index (χ1) is 13.4. The highest BCUT2D eigenvalue weighted by Gasteiger charge is 2.50. The second-order valence-corrected chi connectivity index (χ2v) is 8.22. The third-order valence-corrected chi connectivity index (χ3v) is 6.19. The summed E-state index contributed by atoms with van der Waals surface area (Å²) in [6, 6.07) is 16.8. The number of amides is 1. The van der Waals surface area contributed by atoms with Crippen molar-refractivity contribution in [3.8, 4) is 0 Å². The molecule has 142 valence electrons. The molecule has 1 N–H and O–H groups in total. The van der Waals surface area contributed by atoms with Gasteiger partial charge >= 0.3 is 0 Å². The molecule has 0 saturated heterocycles. The maximum atomic E-state index is 13.3. The van der Waals surface area contributed by atoms with Gasteiger partial charge in [0.05, 0.1) is 23.5 Å². The minimum Gasteiger partial charge on any atom is -0.375 e. The molecule has 5 heteroatoms. The minimum atomic E-state index is -1.84. The number of nitrogens with zero attached hydrogens (tertiary/aromatic N) is 1. The number of para-hydroxylation sites is 1. The molecular formula is C23H21NO3S. The number of Topliss-reactive ketones (excluding diaryl/α,β-unsaturated/α-hetero) is 1. The molecule has 2 aromatic carbocycles. The molecule has 0 spiro atoms. The van der Waals surface area contributed by atoms with Gasteiger partial charge in [-0.05, 0) is 42.5 Å². The molecule has 28 heavy (non-hydrogen) atoms. The first-order valence-electron chi connectivity index (χ1n) is 9.17. The van der Waals surface area contributed by atoms with Crippen LogP contribution in [0.25, 0.3) is 0 Å². The molecule has 0 unspecified atom stereocenters. The maximum Gasteiger partial charge on any atom is 0.264 e. The van der Waals surface area contributed by atoms with Crippen LogP contribution in [0.1, 0.15) is 38.3 Å². The van der Waals surface area contributed by atoms with Gasteiger partial charge in [0.25, 0.3) is 5.91 Å². The third-order valence-electron chi connectivity index (χ3n) is 5.28. The minimum absolute atomic E-state index is 0.228. The Balaban J connectivity index is 1.70. The quantitative estimate of drug-likeness (QED) is 0.657. The summed E-state index contributed by atoms with van der Waals surface area (Å²) in [5, 5.41) is 13.1. The standard InChI is InChI=1S/C23H21NO3S/c1-15-9-10-17(16(2)12-15)14-24-19-7-4-3-6-18(19)23(27,22(24)26)13-20(25)21-8-5-11-28-21/h3-12,27H,13-14H2,1-2H3/t23-/m0/s1. The van der Waals surface area contributed by atoms with Gasteiger partial charge in [0, 0.05) is 5.56 Å². The number of hydrogen-bond acceptors (Lipinski definition) is 4. The van der Waals surface area contributed by atoms with E-state index in [4.69, 9.17) is 0 Å². The van der Waals surface area contributed by atoms with E-state index < -0.39 is 11.5 Å². The highest BCUT2D eigenvalue weighted by atomic mass is 32.1. The summed E-state index contributed by atoms with van der Waals surface area (Å²) in [6.45, 7) is 4.40. The normalized spacial score (nSPS) is 18.4. The lowest BCUT2D eigenvalue weighted by Gasteiger charge is -2.23. The molecule has 2 heterocycles. The maximum absolute atomic E-state index is 13.3. The fraction of sp³-hybridized carbons (Fsp3) is 0.217. The number of benzene rings is 2. The van der Waals surface area contributed by atoms with Crippen molar-refractivity contribution in [1.29, 1.82) is 0 Å². The van der Waals surface area contributed by atoms with Crippen molar-refractivity contribution in [3.63, 3.8) is 0 Å². The van der Waals surface area contributed by atoms with E-state index in [1.807, 2.05) is 43.5 Å². The molecule has 0 aliphatic carbocycles. The van der Waals surface area contributed by atoms with E-state index >= 15 is 0 Å². The molecule has 1 atom stereocenters. The molecular weight excluding hydrogens is 370 g/mol. The Morgan fingerprint density at radius 3 is 2.61 bits per heavy atom. The van der Waals surface area contributed by atoms with E-state index in [0.29, 0.717) is 22.7 Å². The zero-order chi connectivity index (χ0) is 19.9. The van der Waals surface area contributed by atoms with E-state index in [9.17, 15) is 14.7 Å². The monoisotopic (exact) mass is 391 g/mol. The van der Waals surface area contributed by atoms with Crippen LogP contribution in [-0.2, 0) is 16.9 Å². The number of carbonyl (C=O) groups excluding carboxylic acids is 2. The lowest BCUT2D eigenvalue weighted by Crippen LogP contribution is -2.41. The lowest BCUT2D eigenvalue weighted by atomic mass is 9.89. The van der Waals surface area contributed by atoms with Gasteiger partial charge in [0.15, 0.2) is 11.4 Å². The fourth-order valence-corrected chi connectivity index (χ4v) is 4.45. The molecule has 1 amide bonds. The average molecular weight is 391 g/mol. The Labute approximate surface area is 168 Å². The first-order valence-corrected chi connectivity index (χ1v) is 10.0. The van der Waals surface area contributed by atoms with Crippen LogP contribution in [0.3, 0.4) is 0 Å². The van der Waals surface area contributed by atoms with Crippen molar-refractivity contribution in [2.75, 3.05) is 4.90 Å². The van der Waals surface area contributed by atoms with Crippen LogP contribution >= 0.6 is 11.3 Å². The van der Waals surface area contributed by atoms with Crippen molar-refractivity contribution in [2.45, 2.75) is 32.4 Å². The molecule has 3 aromatic rings. The zero-order valence-corrected chi connectivity index (χ0v) is 16.6. The summed E-state index contributed by atoms with van der Waals surface area (Å²) in [7, 11) is 0. The molecule has 0 saturated carbocycles. The van der Waals surface area contributed by atoms with Gasteiger partial charge in [-0.1, -0.05) is 48.0 Å². The van der Waals surface area contributed by atoms with Crippen LogP contribution in [0.2, 0.25) is 0 Å². The van der Waals surface area contributed by atoms with Crippen LogP contribution < -0.4 is 4.90 Å². The van der Waals surface area contributed by atoms with Crippen LogP contribution in [0.15, 0.2) is 60.0 Å².